The maximum Gasteiger partial charge on any atom is 0.320 e. The predicted octanol–water partition coefficient (Wildman–Crippen LogP) is -3.57. The molecule has 0 radical (unpaired) electrons. The molecular weight excluding hydrogens is 1730 g/mol. The summed E-state index contributed by atoms with van der Waals surface area (Å²) in [5, 5.41) is 143. The van der Waals surface area contributed by atoms with Crippen molar-refractivity contribution < 1.29 is 153 Å². The van der Waals surface area contributed by atoms with E-state index in [2.05, 4.69) is 31.0 Å². The van der Waals surface area contributed by atoms with E-state index in [1.807, 2.05) is 51.3 Å². The van der Waals surface area contributed by atoms with E-state index in [0.717, 1.165) is 6.54 Å². The van der Waals surface area contributed by atoms with E-state index in [4.69, 9.17) is 5.11 Å². The Morgan fingerprint density at radius 3 is 0.679 bits per heavy atom. The summed E-state index contributed by atoms with van der Waals surface area (Å²) in [7, 11) is 0. The fourth-order valence-electron chi connectivity index (χ4n) is 15.4. The van der Waals surface area contributed by atoms with E-state index < -0.39 is 108 Å². The zero-order valence-corrected chi connectivity index (χ0v) is 78.4. The summed E-state index contributed by atoms with van der Waals surface area (Å²) in [4.78, 5) is 211. The summed E-state index contributed by atoms with van der Waals surface area (Å²) in [6.07, 6.45) is 1.62. The molecule has 0 aromatic rings. The number of carbonyl (C=O) groups excluding carboxylic acids is 1. The maximum atomic E-state index is 12.6. The van der Waals surface area contributed by atoms with Gasteiger partial charge < -0.3 is 86.8 Å². The van der Waals surface area contributed by atoms with Crippen molar-refractivity contribution in [1.29, 1.82) is 0 Å². The van der Waals surface area contributed by atoms with Crippen LogP contribution in [0.2, 0.25) is 0 Å². The van der Waals surface area contributed by atoms with Gasteiger partial charge in [-0.1, -0.05) is 62.3 Å². The summed E-state index contributed by atoms with van der Waals surface area (Å²) >= 11 is 0. The van der Waals surface area contributed by atoms with Gasteiger partial charge in [-0.2, -0.15) is 0 Å². The fourth-order valence-corrected chi connectivity index (χ4v) is 15.4. The van der Waals surface area contributed by atoms with E-state index in [1.54, 1.807) is 77.5 Å². The van der Waals surface area contributed by atoms with Crippen molar-refractivity contribution >= 4 is 95.4 Å². The van der Waals surface area contributed by atoms with Gasteiger partial charge in [0, 0.05) is 227 Å². The molecule has 0 saturated carbocycles. The lowest BCUT2D eigenvalue weighted by Crippen LogP contribution is -2.54. The summed E-state index contributed by atoms with van der Waals surface area (Å²) in [6.45, 7) is 29.4. The quantitative estimate of drug-likeness (QED) is 0.0286. The molecule has 4 rings (SSSR count). The topological polar surface area (TPSA) is 640 Å². The lowest BCUT2D eigenvalue weighted by Gasteiger charge is -2.39. The van der Waals surface area contributed by atoms with Gasteiger partial charge in [-0.25, -0.2) is 0 Å². The molecule has 0 aromatic carbocycles. The largest absolute Gasteiger partial charge is 0.480 e. The molecule has 3 atom stereocenters. The number of nitrogens with one attached hydrogen (secondary N) is 1. The molecule has 1 amide bonds. The van der Waals surface area contributed by atoms with Crippen molar-refractivity contribution in [2.45, 2.75) is 126 Å². The van der Waals surface area contributed by atoms with Gasteiger partial charge in [-0.15, -0.1) is 0 Å². The third-order valence-corrected chi connectivity index (χ3v) is 21.4. The van der Waals surface area contributed by atoms with Crippen molar-refractivity contribution in [2.24, 2.45) is 16.2 Å². The Bertz CT molecular complexity index is 3510. The van der Waals surface area contributed by atoms with Crippen LogP contribution in [0.15, 0.2) is 0 Å². The first-order valence-electron chi connectivity index (χ1n) is 44.0. The van der Waals surface area contributed by atoms with Gasteiger partial charge in [0.1, 0.15) is 6.04 Å². The standard InChI is InChI=1S/C22H40N4O8.C21H37N5O9.C21H38N4O8.C19H36N4O6/c1-22(2,3)5-4-17(21(33)34)26-12-10-24(15-19(29)30)8-6-23(14-18(27)28)7-9-25(11-13-26)16-20(31)32;1-15(2)22-17(27)9-16-10-25(13-20(32)33)6-5-23(11-18(28)29)3-4-24(12-19(30)31)7-8-26(16)14-21(34)35;1-21(2,3)10-16-11-24(14-19(30)31)7-6-22(12-17(26)27)4-5-23(13-18(28)29)8-9-25(16)15-20(32)33;1-19(2,3)15-23-10-8-21(13-17(26)27)6-4-20(12-16(24)25)5-7-22(9-11-23)14-18(28)29/h17H,4-16H2,1-3H3,(H,27,28)(H,29,30)(H,31,32)(H,33,34);15-16H,3-14H2,1-2H3,(H,22,27)(H,28,29)(H,30,31)(H,32,33)(H,34,35);16H,4-15H2,1-3H3,(H,26,27)(H,28,29)(H,30,31)(H,32,33);4-15H2,1-3H3,(H,24,25)(H,26,27)(H,28,29). The molecule has 48 heteroatoms. The van der Waals surface area contributed by atoms with Crippen LogP contribution in [0, 0.1) is 16.2 Å². The number of carbonyl (C=O) groups is 16. The summed E-state index contributed by atoms with van der Waals surface area (Å²) in [6, 6.07) is -1.86. The Balaban J connectivity index is 0.000000875. The van der Waals surface area contributed by atoms with Crippen LogP contribution in [-0.2, 0) is 76.7 Å². The molecule has 4 fully saturated rings. The van der Waals surface area contributed by atoms with Gasteiger partial charge in [0.15, 0.2) is 0 Å². The first-order chi connectivity index (χ1) is 60.8. The third-order valence-electron chi connectivity index (χ3n) is 21.4. The minimum atomic E-state index is -1.13. The van der Waals surface area contributed by atoms with Crippen molar-refractivity contribution in [3.8, 4) is 0 Å². The number of nitrogens with zero attached hydrogens (tertiary/aromatic N) is 16. The number of hydrogen-bond acceptors (Lipinski definition) is 32. The monoisotopic (exact) mass is 1880 g/mol. The number of hydrogen-bond donors (Lipinski definition) is 16. The van der Waals surface area contributed by atoms with Crippen molar-refractivity contribution in [3.63, 3.8) is 0 Å². The highest BCUT2D eigenvalue weighted by Crippen LogP contribution is 2.27. The van der Waals surface area contributed by atoms with Crippen LogP contribution < -0.4 is 5.32 Å². The highest BCUT2D eigenvalue weighted by molar-refractivity contribution is 5.78. The average Bonchev–Trinajstić information content (AvgIpc) is 0.848. The summed E-state index contributed by atoms with van der Waals surface area (Å²) < 4.78 is 0. The molecule has 4 aliphatic rings. The number of rotatable bonds is 37. The predicted molar refractivity (Wildman–Crippen MR) is 474 cm³/mol. The molecule has 16 N–H and O–H groups in total. The molecule has 4 heterocycles. The van der Waals surface area contributed by atoms with Gasteiger partial charge in [0.2, 0.25) is 5.91 Å². The Morgan fingerprint density at radius 1 is 0.260 bits per heavy atom. The minimum absolute atomic E-state index is 0.0571. The van der Waals surface area contributed by atoms with Crippen molar-refractivity contribution in [2.75, 3.05) is 295 Å². The molecular formula is C83H151N17O31. The highest BCUT2D eigenvalue weighted by Gasteiger charge is 2.35. The van der Waals surface area contributed by atoms with Gasteiger partial charge in [-0.3, -0.25) is 150 Å². The molecule has 4 saturated heterocycles. The van der Waals surface area contributed by atoms with Crippen LogP contribution in [0.25, 0.3) is 0 Å². The first kappa shape index (κ1) is 120. The lowest BCUT2D eigenvalue weighted by molar-refractivity contribution is -0.145. The summed E-state index contributed by atoms with van der Waals surface area (Å²) in [5.41, 5.74) is -0.160. The van der Waals surface area contributed by atoms with E-state index in [9.17, 15) is 148 Å². The second-order valence-electron chi connectivity index (χ2n) is 37.5. The van der Waals surface area contributed by atoms with Gasteiger partial charge in [0.05, 0.1) is 91.6 Å². The molecule has 131 heavy (non-hydrogen) atoms. The second kappa shape index (κ2) is 62.4. The normalized spacial score (nSPS) is 20.2. The highest BCUT2D eigenvalue weighted by atomic mass is 16.4. The molecule has 0 aliphatic carbocycles. The van der Waals surface area contributed by atoms with E-state index in [0.29, 0.717) is 170 Å². The van der Waals surface area contributed by atoms with Crippen LogP contribution in [0.5, 0.6) is 0 Å². The van der Waals surface area contributed by atoms with Crippen LogP contribution in [0.3, 0.4) is 0 Å². The van der Waals surface area contributed by atoms with E-state index in [-0.39, 0.29) is 172 Å². The van der Waals surface area contributed by atoms with E-state index in [1.165, 1.54) is 0 Å². The van der Waals surface area contributed by atoms with Crippen molar-refractivity contribution in [3.05, 3.63) is 0 Å². The lowest BCUT2D eigenvalue weighted by atomic mass is 9.87. The SMILES string of the molecule is CC(C)(C)CC1CN(CC(=O)O)CCN(CC(=O)O)CCN(CC(=O)O)CCN1CC(=O)O.CC(C)(C)CCC(C(=O)O)N1CCN(CC(=O)O)CCN(CC(=O)O)CCN(CC(=O)O)CC1.CC(C)(C)CN1CCN(CC(=O)O)CCN(CC(=O)O)CCN(CC(=O)O)CC1.CC(C)NC(=O)CC1CN(CC(=O)O)CCN(CC(=O)O)CCN(CC(=O)O)CCN1CC(=O)O. The van der Waals surface area contributed by atoms with Gasteiger partial charge in [0.25, 0.3) is 0 Å². The summed E-state index contributed by atoms with van der Waals surface area (Å²) in [5.74, 6) is -15.5. The molecule has 0 aromatic heterocycles. The number of carboxylic acids is 15. The smallest absolute Gasteiger partial charge is 0.320 e. The fraction of sp³-hybridized carbons (Fsp3) is 0.807. The molecule has 48 nitrogen and oxygen atoms in total. The van der Waals surface area contributed by atoms with Gasteiger partial charge in [-0.05, 0) is 49.4 Å². The first-order valence-corrected chi connectivity index (χ1v) is 44.0. The Hall–Kier alpha value is -9.12. The molecule has 754 valence electrons. The molecule has 3 unspecified atom stereocenters. The zero-order valence-electron chi connectivity index (χ0n) is 78.4. The van der Waals surface area contributed by atoms with Gasteiger partial charge >= 0.3 is 89.5 Å². The second-order valence-corrected chi connectivity index (χ2v) is 37.5. The third kappa shape index (κ3) is 62.8. The number of aliphatic carboxylic acids is 15. The molecule has 0 spiro atoms. The molecule has 4 aliphatic heterocycles. The van der Waals surface area contributed by atoms with Crippen LogP contribution >= 0.6 is 0 Å². The minimum Gasteiger partial charge on any atom is -0.480 e. The molecule has 0 bridgehead atoms. The van der Waals surface area contributed by atoms with Crippen LogP contribution in [0.4, 0.5) is 0 Å². The Kier molecular flexibility index (Phi) is 57.1. The average molecular weight is 1880 g/mol. The van der Waals surface area contributed by atoms with Crippen LogP contribution in [0.1, 0.15) is 102 Å². The van der Waals surface area contributed by atoms with E-state index >= 15 is 0 Å². The zero-order chi connectivity index (χ0) is 99.6. The Labute approximate surface area is 766 Å². The van der Waals surface area contributed by atoms with Crippen molar-refractivity contribution in [1.82, 2.24) is 83.7 Å². The maximum absolute atomic E-state index is 12.6. The number of carboxylic acid groups (broad SMARTS) is 15. The van der Waals surface area contributed by atoms with Crippen LogP contribution in [-0.4, -0.2) is 569 Å². The number of amides is 1. The Morgan fingerprint density at radius 2 is 0.466 bits per heavy atom.